The lowest BCUT2D eigenvalue weighted by Gasteiger charge is -2.06. The maximum Gasteiger partial charge on any atom is 0.321 e. The maximum atomic E-state index is 11.5. The van der Waals surface area contributed by atoms with Crippen LogP contribution in [0.1, 0.15) is 13.3 Å². The molecule has 0 aliphatic carbocycles. The number of carbonyl (C=O) groups is 1. The van der Waals surface area contributed by atoms with Crippen molar-refractivity contribution < 1.29 is 9.90 Å². The third kappa shape index (κ3) is 4.27. The van der Waals surface area contributed by atoms with E-state index < -0.39 is 6.10 Å². The Morgan fingerprint density at radius 1 is 1.58 bits per heavy atom. The van der Waals surface area contributed by atoms with Gasteiger partial charge in [-0.15, -0.1) is 11.3 Å². The van der Waals surface area contributed by atoms with Gasteiger partial charge in [0.15, 0.2) is 5.82 Å². The summed E-state index contributed by atoms with van der Waals surface area (Å²) in [4.78, 5) is 16.7. The normalized spacial score (nSPS) is 12.1. The molecule has 0 fully saturated rings. The molecule has 2 amide bonds. The first kappa shape index (κ1) is 13.9. The van der Waals surface area contributed by atoms with E-state index in [0.717, 1.165) is 16.4 Å². The Balaban J connectivity index is 1.84. The van der Waals surface area contributed by atoms with Gasteiger partial charge in [-0.1, -0.05) is 6.07 Å². The Hall–Kier alpha value is -1.51. The summed E-state index contributed by atoms with van der Waals surface area (Å²) >= 11 is 2.69. The Morgan fingerprint density at radius 2 is 2.42 bits per heavy atom. The fraction of sp³-hybridized carbons (Fsp3) is 0.364. The topological polar surface area (TPSA) is 87.1 Å². The number of amides is 2. The summed E-state index contributed by atoms with van der Waals surface area (Å²) in [5.41, 5.74) is 0. The quantitative estimate of drug-likeness (QED) is 0.789. The van der Waals surface area contributed by atoms with Crippen molar-refractivity contribution >= 4 is 34.0 Å². The first-order valence-corrected chi connectivity index (χ1v) is 7.41. The highest BCUT2D eigenvalue weighted by molar-refractivity contribution is 7.14. The molecule has 2 aromatic heterocycles. The summed E-state index contributed by atoms with van der Waals surface area (Å²) in [5, 5.41) is 16.7. The van der Waals surface area contributed by atoms with E-state index in [-0.39, 0.29) is 6.03 Å². The molecule has 0 bridgehead atoms. The number of nitrogens with one attached hydrogen (secondary N) is 2. The number of aromatic nitrogens is 2. The molecule has 0 spiro atoms. The number of carbonyl (C=O) groups excluding carboxylic acids is 1. The van der Waals surface area contributed by atoms with Gasteiger partial charge in [0.1, 0.15) is 0 Å². The number of hydrogen-bond acceptors (Lipinski definition) is 6. The lowest BCUT2D eigenvalue weighted by Crippen LogP contribution is -2.30. The molecule has 6 nitrogen and oxygen atoms in total. The van der Waals surface area contributed by atoms with Gasteiger partial charge in [0.05, 0.1) is 11.0 Å². The maximum absolute atomic E-state index is 11.5. The SMILES string of the molecule is CC(O)CCNC(=O)Nc1nc(-c2cccs2)ns1. The molecule has 2 aromatic rings. The van der Waals surface area contributed by atoms with Gasteiger partial charge >= 0.3 is 6.03 Å². The highest BCUT2D eigenvalue weighted by Crippen LogP contribution is 2.24. The van der Waals surface area contributed by atoms with Crippen molar-refractivity contribution in [2.45, 2.75) is 19.4 Å². The Morgan fingerprint density at radius 3 is 3.11 bits per heavy atom. The summed E-state index contributed by atoms with van der Waals surface area (Å²) < 4.78 is 4.18. The van der Waals surface area contributed by atoms with Crippen molar-refractivity contribution in [1.82, 2.24) is 14.7 Å². The smallest absolute Gasteiger partial charge is 0.321 e. The van der Waals surface area contributed by atoms with Crippen LogP contribution in [0.15, 0.2) is 17.5 Å². The van der Waals surface area contributed by atoms with Crippen molar-refractivity contribution in [2.75, 3.05) is 11.9 Å². The Kier molecular flexibility index (Phi) is 4.83. The van der Waals surface area contributed by atoms with Crippen LogP contribution in [0.4, 0.5) is 9.93 Å². The van der Waals surface area contributed by atoms with Crippen LogP contribution in [0, 0.1) is 0 Å². The molecule has 0 radical (unpaired) electrons. The van der Waals surface area contributed by atoms with Crippen molar-refractivity contribution in [3.8, 4) is 10.7 Å². The van der Waals surface area contributed by atoms with Crippen LogP contribution in [0.3, 0.4) is 0 Å². The summed E-state index contributed by atoms with van der Waals surface area (Å²) in [6, 6.07) is 3.52. The van der Waals surface area contributed by atoms with Crippen LogP contribution in [0.5, 0.6) is 0 Å². The molecule has 0 saturated heterocycles. The standard InChI is InChI=1S/C11H14N4O2S2/c1-7(16)4-5-12-10(17)14-11-13-9(15-19-11)8-3-2-6-18-8/h2-3,6-7,16H,4-5H2,1H3,(H2,12,13,14,15,17). The van der Waals surface area contributed by atoms with Gasteiger partial charge in [-0.2, -0.15) is 9.36 Å². The van der Waals surface area contributed by atoms with Gasteiger partial charge in [0.2, 0.25) is 5.13 Å². The average Bonchev–Trinajstić information content (AvgIpc) is 2.97. The number of aliphatic hydroxyl groups is 1. The first-order valence-electron chi connectivity index (χ1n) is 5.75. The van der Waals surface area contributed by atoms with Gasteiger partial charge in [0, 0.05) is 18.1 Å². The number of urea groups is 1. The molecule has 0 aliphatic heterocycles. The summed E-state index contributed by atoms with van der Waals surface area (Å²) in [6.45, 7) is 2.09. The van der Waals surface area contributed by atoms with E-state index in [1.54, 1.807) is 18.3 Å². The molecule has 0 aromatic carbocycles. The monoisotopic (exact) mass is 298 g/mol. The van der Waals surface area contributed by atoms with Crippen molar-refractivity contribution in [3.63, 3.8) is 0 Å². The fourth-order valence-corrected chi connectivity index (χ4v) is 2.61. The predicted octanol–water partition coefficient (Wildman–Crippen LogP) is 2.16. The minimum atomic E-state index is -0.424. The molecule has 2 rings (SSSR count). The van der Waals surface area contributed by atoms with Crippen molar-refractivity contribution in [1.29, 1.82) is 0 Å². The number of aliphatic hydroxyl groups excluding tert-OH is 1. The second-order valence-electron chi connectivity index (χ2n) is 3.92. The fourth-order valence-electron chi connectivity index (χ4n) is 1.32. The highest BCUT2D eigenvalue weighted by atomic mass is 32.1. The van der Waals surface area contributed by atoms with Gasteiger partial charge in [-0.3, -0.25) is 5.32 Å². The van der Waals surface area contributed by atoms with E-state index >= 15 is 0 Å². The molecule has 1 atom stereocenters. The van der Waals surface area contributed by atoms with E-state index in [1.165, 1.54) is 0 Å². The molecule has 8 heteroatoms. The van der Waals surface area contributed by atoms with Gasteiger partial charge in [-0.05, 0) is 24.8 Å². The minimum Gasteiger partial charge on any atom is -0.393 e. The molecule has 2 heterocycles. The van der Waals surface area contributed by atoms with Crippen molar-refractivity contribution in [3.05, 3.63) is 17.5 Å². The molecular formula is C11H14N4O2S2. The largest absolute Gasteiger partial charge is 0.393 e. The van der Waals surface area contributed by atoms with Gasteiger partial charge in [-0.25, -0.2) is 4.79 Å². The third-order valence-electron chi connectivity index (χ3n) is 2.24. The molecule has 0 saturated carbocycles. The number of anilines is 1. The molecule has 102 valence electrons. The Bertz CT molecular complexity index is 525. The molecule has 0 aliphatic rings. The number of thiophene rings is 1. The average molecular weight is 298 g/mol. The lowest BCUT2D eigenvalue weighted by atomic mass is 10.3. The van der Waals surface area contributed by atoms with Crippen LogP contribution in [-0.2, 0) is 0 Å². The molecule has 19 heavy (non-hydrogen) atoms. The van der Waals surface area contributed by atoms with E-state index in [1.807, 2.05) is 17.5 Å². The van der Waals surface area contributed by atoms with Crippen molar-refractivity contribution in [2.24, 2.45) is 0 Å². The first-order chi connectivity index (χ1) is 9.15. The van der Waals surface area contributed by atoms with Gasteiger partial charge in [0.25, 0.3) is 0 Å². The zero-order chi connectivity index (χ0) is 13.7. The number of nitrogens with zero attached hydrogens (tertiary/aromatic N) is 2. The second kappa shape index (κ2) is 6.60. The van der Waals surface area contributed by atoms with E-state index in [2.05, 4.69) is 20.0 Å². The zero-order valence-corrected chi connectivity index (χ0v) is 11.9. The summed E-state index contributed by atoms with van der Waals surface area (Å²) in [7, 11) is 0. The minimum absolute atomic E-state index is 0.338. The zero-order valence-electron chi connectivity index (χ0n) is 10.3. The summed E-state index contributed by atoms with van der Waals surface area (Å²) in [6.07, 6.45) is 0.0940. The molecule has 3 N–H and O–H groups in total. The lowest BCUT2D eigenvalue weighted by molar-refractivity contribution is 0.184. The third-order valence-corrected chi connectivity index (χ3v) is 3.73. The molecular weight excluding hydrogens is 284 g/mol. The van der Waals surface area contributed by atoms with Crippen LogP contribution >= 0.6 is 22.9 Å². The van der Waals surface area contributed by atoms with Crippen LogP contribution in [0.25, 0.3) is 10.7 Å². The second-order valence-corrected chi connectivity index (χ2v) is 5.62. The highest BCUT2D eigenvalue weighted by Gasteiger charge is 2.09. The van der Waals surface area contributed by atoms with Crippen LogP contribution < -0.4 is 10.6 Å². The summed E-state index contributed by atoms with van der Waals surface area (Å²) in [5.74, 6) is 0.624. The van der Waals surface area contributed by atoms with E-state index in [0.29, 0.717) is 23.9 Å². The Labute approximate surface area is 118 Å². The van der Waals surface area contributed by atoms with Crippen LogP contribution in [0.2, 0.25) is 0 Å². The number of rotatable bonds is 5. The van der Waals surface area contributed by atoms with Gasteiger partial charge < -0.3 is 10.4 Å². The van der Waals surface area contributed by atoms with Crippen LogP contribution in [-0.4, -0.2) is 33.1 Å². The van der Waals surface area contributed by atoms with E-state index in [9.17, 15) is 4.79 Å². The predicted molar refractivity (Wildman–Crippen MR) is 76.5 cm³/mol. The van der Waals surface area contributed by atoms with E-state index in [4.69, 9.17) is 5.11 Å². The molecule has 1 unspecified atom stereocenters. The number of hydrogen-bond donors (Lipinski definition) is 3.